The molecule has 2 heterocycles. The molecule has 1 aliphatic carbocycles. The number of aromatic nitrogens is 4. The number of anilines is 1. The number of benzene rings is 1. The molecule has 0 atom stereocenters. The van der Waals surface area contributed by atoms with E-state index in [0.717, 1.165) is 23.7 Å². The maximum atomic E-state index is 12.3. The minimum atomic E-state index is -0.166. The molecule has 0 saturated heterocycles. The predicted molar refractivity (Wildman–Crippen MR) is 90.7 cm³/mol. The molecule has 0 radical (unpaired) electrons. The predicted octanol–water partition coefficient (Wildman–Crippen LogP) is 2.79. The summed E-state index contributed by atoms with van der Waals surface area (Å²) in [6.07, 6.45) is 9.48. The molecule has 1 N–H and O–H groups in total. The molecule has 0 spiro atoms. The van der Waals surface area contributed by atoms with E-state index in [1.807, 2.05) is 41.2 Å². The van der Waals surface area contributed by atoms with Crippen molar-refractivity contribution in [1.29, 1.82) is 0 Å². The number of nitrogens with one attached hydrogen (secondary N) is 1. The van der Waals surface area contributed by atoms with Crippen molar-refractivity contribution in [1.82, 2.24) is 19.6 Å². The summed E-state index contributed by atoms with van der Waals surface area (Å²) < 4.78 is 3.66. The van der Waals surface area contributed by atoms with E-state index in [1.54, 1.807) is 23.3 Å². The maximum absolute atomic E-state index is 12.3. The summed E-state index contributed by atoms with van der Waals surface area (Å²) in [4.78, 5) is 12.3. The lowest BCUT2D eigenvalue weighted by Gasteiger charge is -2.01. The van der Waals surface area contributed by atoms with Gasteiger partial charge in [0.15, 0.2) is 0 Å². The van der Waals surface area contributed by atoms with Crippen LogP contribution < -0.4 is 5.32 Å². The van der Waals surface area contributed by atoms with Gasteiger partial charge in [-0.1, -0.05) is 30.3 Å². The van der Waals surface area contributed by atoms with E-state index in [0.29, 0.717) is 12.1 Å². The summed E-state index contributed by atoms with van der Waals surface area (Å²) in [5.74, 6) is 0.588. The highest BCUT2D eigenvalue weighted by Crippen LogP contribution is 2.30. The largest absolute Gasteiger partial charge is 0.319 e. The smallest absolute Gasteiger partial charge is 0.258 e. The number of carbonyl (C=O) groups excluding carboxylic acids is 1. The fourth-order valence-electron chi connectivity index (χ4n) is 2.63. The van der Waals surface area contributed by atoms with Crippen LogP contribution in [-0.2, 0) is 13.1 Å². The van der Waals surface area contributed by atoms with Crippen LogP contribution in [-0.4, -0.2) is 25.5 Å². The van der Waals surface area contributed by atoms with Crippen LogP contribution in [0.2, 0.25) is 0 Å². The van der Waals surface area contributed by atoms with E-state index in [4.69, 9.17) is 0 Å². The Labute approximate surface area is 140 Å². The summed E-state index contributed by atoms with van der Waals surface area (Å²) in [6, 6.07) is 10.0. The molecule has 0 unspecified atom stereocenters. The number of nitrogens with zero attached hydrogens (tertiary/aromatic N) is 4. The average Bonchev–Trinajstić information content (AvgIpc) is 3.09. The van der Waals surface area contributed by atoms with Gasteiger partial charge < -0.3 is 5.32 Å². The number of rotatable bonds is 6. The van der Waals surface area contributed by atoms with Crippen molar-refractivity contribution in [2.75, 3.05) is 5.32 Å². The Hall–Kier alpha value is -2.89. The van der Waals surface area contributed by atoms with Crippen molar-refractivity contribution >= 4 is 11.6 Å². The molecular formula is C18H19N5O. The number of carbonyl (C=O) groups is 1. The van der Waals surface area contributed by atoms with Gasteiger partial charge in [0, 0.05) is 18.9 Å². The van der Waals surface area contributed by atoms with Crippen LogP contribution in [0.25, 0.3) is 0 Å². The van der Waals surface area contributed by atoms with Gasteiger partial charge >= 0.3 is 0 Å². The van der Waals surface area contributed by atoms with Crippen LogP contribution in [0.15, 0.2) is 55.1 Å². The van der Waals surface area contributed by atoms with Gasteiger partial charge in [0.1, 0.15) is 0 Å². The molecular weight excluding hydrogens is 302 g/mol. The lowest BCUT2D eigenvalue weighted by Crippen LogP contribution is -2.10. The Balaban J connectivity index is 1.38. The Kier molecular flexibility index (Phi) is 3.86. The van der Waals surface area contributed by atoms with Gasteiger partial charge in [-0.3, -0.25) is 14.2 Å². The van der Waals surface area contributed by atoms with Gasteiger partial charge in [0.2, 0.25) is 0 Å². The van der Waals surface area contributed by atoms with Crippen molar-refractivity contribution in [3.63, 3.8) is 0 Å². The first-order valence-corrected chi connectivity index (χ1v) is 8.16. The second kappa shape index (κ2) is 6.31. The highest BCUT2D eigenvalue weighted by Gasteiger charge is 2.22. The third-order valence-corrected chi connectivity index (χ3v) is 4.12. The molecule has 1 aliphatic rings. The topological polar surface area (TPSA) is 64.7 Å². The minimum absolute atomic E-state index is 0.166. The maximum Gasteiger partial charge on any atom is 0.258 e. The first kappa shape index (κ1) is 14.7. The lowest BCUT2D eigenvalue weighted by molar-refractivity contribution is 0.102. The van der Waals surface area contributed by atoms with E-state index in [9.17, 15) is 4.79 Å². The van der Waals surface area contributed by atoms with E-state index >= 15 is 0 Å². The second-order valence-corrected chi connectivity index (χ2v) is 6.26. The zero-order valence-electron chi connectivity index (χ0n) is 13.3. The summed E-state index contributed by atoms with van der Waals surface area (Å²) in [5.41, 5.74) is 2.41. The molecule has 2 aromatic heterocycles. The molecule has 1 fully saturated rings. The van der Waals surface area contributed by atoms with Gasteiger partial charge in [-0.05, 0) is 24.3 Å². The van der Waals surface area contributed by atoms with Gasteiger partial charge in [0.05, 0.1) is 30.2 Å². The molecule has 6 nitrogen and oxygen atoms in total. The minimum Gasteiger partial charge on any atom is -0.319 e. The van der Waals surface area contributed by atoms with E-state index in [1.165, 1.54) is 12.8 Å². The summed E-state index contributed by atoms with van der Waals surface area (Å²) >= 11 is 0. The Morgan fingerprint density at radius 1 is 1.08 bits per heavy atom. The quantitative estimate of drug-likeness (QED) is 0.759. The monoisotopic (exact) mass is 321 g/mol. The second-order valence-electron chi connectivity index (χ2n) is 6.26. The first-order chi connectivity index (χ1) is 11.8. The molecule has 1 aromatic carbocycles. The van der Waals surface area contributed by atoms with Gasteiger partial charge in [-0.25, -0.2) is 0 Å². The standard InChI is InChI=1S/C18H19N5O/c24-18(21-17-9-20-23(13-17)11-15-6-7-15)16-8-19-22(12-16)10-14-4-2-1-3-5-14/h1-5,8-9,12-13,15H,6-7,10-11H2,(H,21,24). The van der Waals surface area contributed by atoms with Crippen LogP contribution in [0.4, 0.5) is 5.69 Å². The summed E-state index contributed by atoms with van der Waals surface area (Å²) in [5, 5.41) is 11.4. The fraction of sp³-hybridized carbons (Fsp3) is 0.278. The molecule has 24 heavy (non-hydrogen) atoms. The van der Waals surface area contributed by atoms with Crippen LogP contribution in [0, 0.1) is 5.92 Å². The van der Waals surface area contributed by atoms with Crippen molar-refractivity contribution in [2.24, 2.45) is 5.92 Å². The van der Waals surface area contributed by atoms with Crippen molar-refractivity contribution < 1.29 is 4.79 Å². The van der Waals surface area contributed by atoms with Crippen LogP contribution >= 0.6 is 0 Å². The molecule has 4 rings (SSSR count). The third-order valence-electron chi connectivity index (χ3n) is 4.12. The van der Waals surface area contributed by atoms with Gasteiger partial charge in [-0.15, -0.1) is 0 Å². The SMILES string of the molecule is O=C(Nc1cnn(CC2CC2)c1)c1cnn(Cc2ccccc2)c1. The molecule has 0 aliphatic heterocycles. The third kappa shape index (κ3) is 3.53. The van der Waals surface area contributed by atoms with Crippen LogP contribution in [0.1, 0.15) is 28.8 Å². The van der Waals surface area contributed by atoms with Gasteiger partial charge in [-0.2, -0.15) is 10.2 Å². The van der Waals surface area contributed by atoms with E-state index in [-0.39, 0.29) is 5.91 Å². The fourth-order valence-corrected chi connectivity index (χ4v) is 2.63. The zero-order chi connectivity index (χ0) is 16.4. The van der Waals surface area contributed by atoms with Crippen LogP contribution in [0.5, 0.6) is 0 Å². The molecule has 122 valence electrons. The normalized spacial score (nSPS) is 13.8. The number of hydrogen-bond acceptors (Lipinski definition) is 3. The highest BCUT2D eigenvalue weighted by molar-refractivity contribution is 6.03. The molecule has 0 bridgehead atoms. The first-order valence-electron chi connectivity index (χ1n) is 8.16. The van der Waals surface area contributed by atoms with Gasteiger partial charge in [0.25, 0.3) is 5.91 Å². The zero-order valence-corrected chi connectivity index (χ0v) is 13.3. The van der Waals surface area contributed by atoms with Crippen LogP contribution in [0.3, 0.4) is 0 Å². The van der Waals surface area contributed by atoms with E-state index in [2.05, 4.69) is 15.5 Å². The van der Waals surface area contributed by atoms with E-state index < -0.39 is 0 Å². The molecule has 3 aromatic rings. The Morgan fingerprint density at radius 3 is 2.67 bits per heavy atom. The highest BCUT2D eigenvalue weighted by atomic mass is 16.1. The molecule has 6 heteroatoms. The number of hydrogen-bond donors (Lipinski definition) is 1. The summed E-state index contributed by atoms with van der Waals surface area (Å²) in [7, 11) is 0. The Morgan fingerprint density at radius 2 is 1.88 bits per heavy atom. The van der Waals surface area contributed by atoms with Crippen molar-refractivity contribution in [2.45, 2.75) is 25.9 Å². The number of amides is 1. The van der Waals surface area contributed by atoms with Crippen molar-refractivity contribution in [3.05, 3.63) is 66.2 Å². The lowest BCUT2D eigenvalue weighted by atomic mass is 10.2. The Bertz CT molecular complexity index is 832. The molecule has 1 saturated carbocycles. The average molecular weight is 321 g/mol. The molecule has 1 amide bonds. The summed E-state index contributed by atoms with van der Waals surface area (Å²) in [6.45, 7) is 1.58. The van der Waals surface area contributed by atoms with Crippen molar-refractivity contribution in [3.8, 4) is 0 Å².